The van der Waals surface area contributed by atoms with Crippen molar-refractivity contribution in [2.24, 2.45) is 9.98 Å². The van der Waals surface area contributed by atoms with Crippen LogP contribution in [0.15, 0.2) is 70.6 Å². The summed E-state index contributed by atoms with van der Waals surface area (Å²) in [5, 5.41) is 1.06. The zero-order chi connectivity index (χ0) is 19.9. The number of rotatable bonds is 6. The molecule has 28 heavy (non-hydrogen) atoms. The standard InChI is InChI=1S/C22H18Cl2N2O2/c1-27-21-17(23)5-3-7-19(21)25-13-15-9-11-16(12-10-15)14-26-20-8-4-6-18(24)22(20)28-2/h3-14H,1-2H3. The predicted molar refractivity (Wildman–Crippen MR) is 117 cm³/mol. The van der Waals surface area contributed by atoms with Gasteiger partial charge in [-0.25, -0.2) is 0 Å². The molecular weight excluding hydrogens is 395 g/mol. The minimum Gasteiger partial charge on any atom is -0.493 e. The molecule has 0 N–H and O–H groups in total. The molecule has 142 valence electrons. The maximum absolute atomic E-state index is 6.12. The highest BCUT2D eigenvalue weighted by Gasteiger charge is 2.06. The van der Waals surface area contributed by atoms with Crippen LogP contribution in [0.3, 0.4) is 0 Å². The zero-order valence-electron chi connectivity index (χ0n) is 15.4. The molecule has 3 rings (SSSR count). The second-order valence-electron chi connectivity index (χ2n) is 5.77. The molecule has 0 bridgehead atoms. The predicted octanol–water partition coefficient (Wildman–Crippen LogP) is 6.51. The van der Waals surface area contributed by atoms with E-state index in [1.807, 2.05) is 48.5 Å². The van der Waals surface area contributed by atoms with E-state index in [4.69, 9.17) is 32.7 Å². The Morgan fingerprint density at radius 1 is 0.643 bits per heavy atom. The van der Waals surface area contributed by atoms with Gasteiger partial charge >= 0.3 is 0 Å². The molecule has 0 radical (unpaired) electrons. The highest BCUT2D eigenvalue weighted by Crippen LogP contribution is 2.35. The summed E-state index contributed by atoms with van der Waals surface area (Å²) < 4.78 is 10.6. The van der Waals surface area contributed by atoms with Crippen LogP contribution >= 0.6 is 23.2 Å². The van der Waals surface area contributed by atoms with Crippen molar-refractivity contribution in [3.63, 3.8) is 0 Å². The van der Waals surface area contributed by atoms with E-state index >= 15 is 0 Å². The monoisotopic (exact) mass is 412 g/mol. The third-order valence-electron chi connectivity index (χ3n) is 3.94. The van der Waals surface area contributed by atoms with Crippen molar-refractivity contribution in [1.82, 2.24) is 0 Å². The Kier molecular flexibility index (Phi) is 6.69. The summed E-state index contributed by atoms with van der Waals surface area (Å²) in [5.41, 5.74) is 3.24. The number of hydrogen-bond donors (Lipinski definition) is 0. The van der Waals surface area contributed by atoms with Crippen LogP contribution in [0, 0.1) is 0 Å². The highest BCUT2D eigenvalue weighted by atomic mass is 35.5. The van der Waals surface area contributed by atoms with E-state index < -0.39 is 0 Å². The Balaban J connectivity index is 1.76. The van der Waals surface area contributed by atoms with E-state index in [0.717, 1.165) is 11.1 Å². The molecule has 0 unspecified atom stereocenters. The first kappa shape index (κ1) is 19.9. The Morgan fingerprint density at radius 2 is 1.04 bits per heavy atom. The second-order valence-corrected chi connectivity index (χ2v) is 6.58. The van der Waals surface area contributed by atoms with Crippen molar-refractivity contribution in [2.45, 2.75) is 0 Å². The number of halogens is 2. The second kappa shape index (κ2) is 9.40. The van der Waals surface area contributed by atoms with Gasteiger partial charge in [-0.05, 0) is 35.4 Å². The number of benzene rings is 3. The van der Waals surface area contributed by atoms with Crippen LogP contribution in [0.1, 0.15) is 11.1 Å². The van der Waals surface area contributed by atoms with E-state index in [2.05, 4.69) is 9.98 Å². The topological polar surface area (TPSA) is 43.2 Å². The number of hydrogen-bond acceptors (Lipinski definition) is 4. The number of ether oxygens (including phenoxy) is 2. The third-order valence-corrected chi connectivity index (χ3v) is 4.54. The lowest BCUT2D eigenvalue weighted by molar-refractivity contribution is 0.416. The van der Waals surface area contributed by atoms with Crippen molar-refractivity contribution >= 4 is 47.0 Å². The van der Waals surface area contributed by atoms with Gasteiger partial charge in [-0.2, -0.15) is 0 Å². The van der Waals surface area contributed by atoms with Gasteiger partial charge in [0.25, 0.3) is 0 Å². The SMILES string of the molecule is COc1c(Cl)cccc1N=Cc1ccc(C=Nc2cccc(Cl)c2OC)cc1. The van der Waals surface area contributed by atoms with Gasteiger partial charge in [0.1, 0.15) is 11.4 Å². The molecule has 3 aromatic rings. The van der Waals surface area contributed by atoms with Gasteiger partial charge in [-0.1, -0.05) is 59.6 Å². The maximum Gasteiger partial charge on any atom is 0.163 e. The Bertz CT molecular complexity index is 933. The minimum atomic E-state index is 0.528. The summed E-state index contributed by atoms with van der Waals surface area (Å²) >= 11 is 12.2. The summed E-state index contributed by atoms with van der Waals surface area (Å²) in [7, 11) is 3.15. The molecule has 0 saturated heterocycles. The van der Waals surface area contributed by atoms with Crippen LogP contribution in [0.2, 0.25) is 10.0 Å². The van der Waals surface area contributed by atoms with E-state index in [9.17, 15) is 0 Å². The molecule has 0 heterocycles. The number of aliphatic imine (C=N–C) groups is 2. The van der Waals surface area contributed by atoms with Crippen LogP contribution in [0.4, 0.5) is 11.4 Å². The summed E-state index contributed by atoms with van der Waals surface area (Å²) in [5.74, 6) is 1.11. The summed E-state index contributed by atoms with van der Waals surface area (Å²) in [6, 6.07) is 18.7. The van der Waals surface area contributed by atoms with Gasteiger partial charge < -0.3 is 9.47 Å². The normalized spacial score (nSPS) is 11.3. The molecule has 0 saturated carbocycles. The molecule has 0 aromatic heterocycles. The molecular formula is C22H18Cl2N2O2. The summed E-state index contributed by atoms with van der Waals surface area (Å²) in [6.45, 7) is 0. The molecule has 0 aliphatic heterocycles. The molecule has 0 atom stereocenters. The van der Waals surface area contributed by atoms with E-state index in [1.165, 1.54) is 0 Å². The van der Waals surface area contributed by atoms with Gasteiger partial charge in [-0.3, -0.25) is 9.98 Å². The first-order valence-corrected chi connectivity index (χ1v) is 9.21. The lowest BCUT2D eigenvalue weighted by Gasteiger charge is -2.06. The smallest absolute Gasteiger partial charge is 0.163 e. The van der Waals surface area contributed by atoms with Crippen molar-refractivity contribution < 1.29 is 9.47 Å². The fourth-order valence-electron chi connectivity index (χ4n) is 2.56. The van der Waals surface area contributed by atoms with Crippen LogP contribution in [0.5, 0.6) is 11.5 Å². The van der Waals surface area contributed by atoms with Crippen molar-refractivity contribution in [1.29, 1.82) is 0 Å². The van der Waals surface area contributed by atoms with Crippen LogP contribution in [-0.4, -0.2) is 26.6 Å². The molecule has 0 fully saturated rings. The lowest BCUT2D eigenvalue weighted by Crippen LogP contribution is -1.87. The first-order valence-electron chi connectivity index (χ1n) is 8.45. The zero-order valence-corrected chi connectivity index (χ0v) is 16.9. The van der Waals surface area contributed by atoms with Crippen molar-refractivity contribution in [2.75, 3.05) is 14.2 Å². The number of methoxy groups -OCH3 is 2. The van der Waals surface area contributed by atoms with E-state index in [1.54, 1.807) is 38.8 Å². The minimum absolute atomic E-state index is 0.528. The Hall–Kier alpha value is -2.82. The van der Waals surface area contributed by atoms with Crippen LogP contribution in [0.25, 0.3) is 0 Å². The summed E-state index contributed by atoms with van der Waals surface area (Å²) in [6.07, 6.45) is 3.52. The highest BCUT2D eigenvalue weighted by molar-refractivity contribution is 6.32. The van der Waals surface area contributed by atoms with Crippen molar-refractivity contribution in [3.05, 3.63) is 81.8 Å². The molecule has 6 heteroatoms. The van der Waals surface area contributed by atoms with Gasteiger partial charge in [0, 0.05) is 12.4 Å². The first-order chi connectivity index (χ1) is 13.6. The molecule has 0 aliphatic carbocycles. The number of para-hydroxylation sites is 2. The van der Waals surface area contributed by atoms with Crippen molar-refractivity contribution in [3.8, 4) is 11.5 Å². The fraction of sp³-hybridized carbons (Fsp3) is 0.0909. The Labute approximate surface area is 174 Å². The van der Waals surface area contributed by atoms with Crippen LogP contribution < -0.4 is 9.47 Å². The van der Waals surface area contributed by atoms with E-state index in [-0.39, 0.29) is 0 Å². The van der Waals surface area contributed by atoms with Gasteiger partial charge in [0.05, 0.1) is 24.3 Å². The molecule has 0 amide bonds. The number of nitrogens with zero attached hydrogens (tertiary/aromatic N) is 2. The third kappa shape index (κ3) is 4.71. The lowest BCUT2D eigenvalue weighted by atomic mass is 10.1. The molecule has 0 aliphatic rings. The van der Waals surface area contributed by atoms with Crippen LogP contribution in [-0.2, 0) is 0 Å². The maximum atomic E-state index is 6.12. The van der Waals surface area contributed by atoms with Gasteiger partial charge in [-0.15, -0.1) is 0 Å². The molecule has 3 aromatic carbocycles. The van der Waals surface area contributed by atoms with Gasteiger partial charge in [0.15, 0.2) is 11.5 Å². The average molecular weight is 413 g/mol. The molecule has 4 nitrogen and oxygen atoms in total. The molecule has 0 spiro atoms. The average Bonchev–Trinajstić information content (AvgIpc) is 2.71. The van der Waals surface area contributed by atoms with Gasteiger partial charge in [0.2, 0.25) is 0 Å². The quantitative estimate of drug-likeness (QED) is 0.432. The Morgan fingerprint density at radius 3 is 1.39 bits per heavy atom. The summed E-state index contributed by atoms with van der Waals surface area (Å²) in [4.78, 5) is 8.93. The van der Waals surface area contributed by atoms with E-state index in [0.29, 0.717) is 32.9 Å². The largest absolute Gasteiger partial charge is 0.493 e. The fourth-order valence-corrected chi connectivity index (χ4v) is 3.05.